The smallest absolute Gasteiger partial charge is 0.326 e. The van der Waals surface area contributed by atoms with Crippen molar-refractivity contribution in [2.24, 2.45) is 34.8 Å². The lowest BCUT2D eigenvalue weighted by atomic mass is 9.98. The van der Waals surface area contributed by atoms with Crippen LogP contribution in [0.25, 0.3) is 0 Å². The molecule has 1 saturated heterocycles. The van der Waals surface area contributed by atoms with Crippen molar-refractivity contribution in [3.05, 3.63) is 29.8 Å². The second-order valence-corrected chi connectivity index (χ2v) is 16.6. The number of phenols is 1. The van der Waals surface area contributed by atoms with Gasteiger partial charge in [0.2, 0.25) is 59.1 Å². The second kappa shape index (κ2) is 26.2. The molecule has 366 valence electrons. The Labute approximate surface area is 380 Å². The molecular formula is C41H63N11O14. The third kappa shape index (κ3) is 17.6. The first kappa shape index (κ1) is 55.2. The van der Waals surface area contributed by atoms with Crippen molar-refractivity contribution >= 4 is 65.0 Å². The number of phenolic OH excluding ortho intramolecular Hbond substituents is 1. The minimum atomic E-state index is -1.77. The average molecular weight is 934 g/mol. The van der Waals surface area contributed by atoms with E-state index in [9.17, 15) is 68.1 Å². The van der Waals surface area contributed by atoms with Crippen LogP contribution in [0.3, 0.4) is 0 Å². The molecule has 0 spiro atoms. The maximum Gasteiger partial charge on any atom is 0.326 e. The average Bonchev–Trinajstić information content (AvgIpc) is 3.74. The molecule has 0 unspecified atom stereocenters. The predicted octanol–water partition coefficient (Wildman–Crippen LogP) is -5.04. The van der Waals surface area contributed by atoms with Gasteiger partial charge in [0.25, 0.3) is 0 Å². The number of rotatable bonds is 27. The van der Waals surface area contributed by atoms with Gasteiger partial charge in [-0.15, -0.1) is 0 Å². The standard InChI is InChI=1S/C41H63N11O14/c1-19(2)32(38(62)47-25(41(65)66)12-14-30(44)56)51-39(63)33(20(3)4)50-37(61)28-6-5-15-52(28)40(64)27(16-21-7-9-22(54)10-8-21)49-36(60)26(17-31(45)57)48-35(59)24(11-13-29(43)55)46-34(58)23(42)18-53/h7-10,19-20,23-28,32-33,53-54H,5-6,11-18,42H2,1-4H3,(H2,43,55)(H2,44,56)(H2,45,57)(H,46,58)(H,47,62)(H,48,59)(H,49,60)(H,50,61)(H,51,63)(H,65,66)/t23-,24-,25-,26-,27-,28-,32-,33-/m0/s1. The lowest BCUT2D eigenvalue weighted by Gasteiger charge is -2.32. The van der Waals surface area contributed by atoms with Crippen LogP contribution in [0.1, 0.15) is 78.2 Å². The number of aliphatic hydroxyl groups is 1. The molecule has 1 aliphatic heterocycles. The Bertz CT molecular complexity index is 1950. The summed E-state index contributed by atoms with van der Waals surface area (Å²) in [6.07, 6.45) is -2.07. The van der Waals surface area contributed by atoms with E-state index in [2.05, 4.69) is 31.9 Å². The molecule has 25 nitrogen and oxygen atoms in total. The van der Waals surface area contributed by atoms with Gasteiger partial charge in [0.05, 0.1) is 13.0 Å². The number of aromatic hydroxyl groups is 1. The molecule has 1 fully saturated rings. The van der Waals surface area contributed by atoms with E-state index >= 15 is 0 Å². The van der Waals surface area contributed by atoms with Gasteiger partial charge in [-0.1, -0.05) is 39.8 Å². The van der Waals surface area contributed by atoms with E-state index in [1.54, 1.807) is 27.7 Å². The molecule has 17 N–H and O–H groups in total. The van der Waals surface area contributed by atoms with E-state index in [0.29, 0.717) is 12.0 Å². The Morgan fingerprint density at radius 3 is 1.65 bits per heavy atom. The van der Waals surface area contributed by atoms with E-state index in [4.69, 9.17) is 22.9 Å². The zero-order chi connectivity index (χ0) is 50.0. The second-order valence-electron chi connectivity index (χ2n) is 16.6. The maximum absolute atomic E-state index is 14.5. The first-order chi connectivity index (χ1) is 30.9. The SMILES string of the molecule is CC(C)[C@H](NC(=O)[C@@H](NC(=O)[C@@H]1CCCN1C(=O)[C@H](Cc1ccc(O)cc1)NC(=O)[C@H](CC(N)=O)NC(=O)[C@H](CCC(N)=O)NC(=O)[C@@H](N)CO)C(C)C)C(=O)N[C@@H](CCC(N)=O)C(=O)O. The van der Waals surface area contributed by atoms with Gasteiger partial charge in [-0.25, -0.2) is 4.79 Å². The van der Waals surface area contributed by atoms with Crippen molar-refractivity contribution in [3.8, 4) is 5.75 Å². The van der Waals surface area contributed by atoms with Gasteiger partial charge >= 0.3 is 5.97 Å². The van der Waals surface area contributed by atoms with Gasteiger partial charge in [-0.3, -0.25) is 47.9 Å². The van der Waals surface area contributed by atoms with Gasteiger partial charge in [-0.05, 0) is 55.2 Å². The predicted molar refractivity (Wildman–Crippen MR) is 231 cm³/mol. The Morgan fingerprint density at radius 1 is 0.652 bits per heavy atom. The summed E-state index contributed by atoms with van der Waals surface area (Å²) in [7, 11) is 0. The van der Waals surface area contributed by atoms with E-state index < -0.39 is 145 Å². The van der Waals surface area contributed by atoms with Crippen molar-refractivity contribution in [1.82, 2.24) is 36.8 Å². The molecule has 2 rings (SSSR count). The molecule has 66 heavy (non-hydrogen) atoms. The number of likely N-dealkylation sites (tertiary alicyclic amines) is 1. The Hall–Kier alpha value is -6.89. The van der Waals surface area contributed by atoms with E-state index in [1.807, 2.05) is 0 Å². The normalized spacial score (nSPS) is 16.6. The van der Waals surface area contributed by atoms with Crippen LogP contribution in [0.5, 0.6) is 5.75 Å². The molecule has 1 aromatic rings. The fourth-order valence-corrected chi connectivity index (χ4v) is 6.81. The highest BCUT2D eigenvalue weighted by Gasteiger charge is 2.41. The molecule has 0 aliphatic carbocycles. The monoisotopic (exact) mass is 933 g/mol. The summed E-state index contributed by atoms with van der Waals surface area (Å²) < 4.78 is 0. The van der Waals surface area contributed by atoms with Crippen molar-refractivity contribution in [2.75, 3.05) is 13.2 Å². The van der Waals surface area contributed by atoms with E-state index in [0.717, 1.165) is 0 Å². The van der Waals surface area contributed by atoms with Gasteiger partial charge in [-0.2, -0.15) is 0 Å². The van der Waals surface area contributed by atoms with Crippen LogP contribution in [-0.2, 0) is 59.2 Å². The fraction of sp³-hybridized carbons (Fsp3) is 0.585. The first-order valence-corrected chi connectivity index (χ1v) is 21.2. The zero-order valence-corrected chi connectivity index (χ0v) is 37.2. The van der Waals surface area contributed by atoms with Gasteiger partial charge in [0.1, 0.15) is 54.1 Å². The van der Waals surface area contributed by atoms with Crippen molar-refractivity contribution in [2.45, 2.75) is 127 Å². The number of carbonyl (C=O) groups excluding carboxylic acids is 10. The number of amides is 10. The summed E-state index contributed by atoms with van der Waals surface area (Å²) in [5.41, 5.74) is 21.7. The van der Waals surface area contributed by atoms with E-state index in [-0.39, 0.29) is 44.4 Å². The number of hydrogen-bond acceptors (Lipinski definition) is 14. The van der Waals surface area contributed by atoms with Crippen LogP contribution < -0.4 is 54.8 Å². The summed E-state index contributed by atoms with van der Waals surface area (Å²) >= 11 is 0. The molecule has 0 saturated carbocycles. The highest BCUT2D eigenvalue weighted by molar-refractivity contribution is 5.99. The van der Waals surface area contributed by atoms with Crippen LogP contribution in [0.4, 0.5) is 0 Å². The highest BCUT2D eigenvalue weighted by Crippen LogP contribution is 2.22. The van der Waals surface area contributed by atoms with Crippen molar-refractivity contribution in [3.63, 3.8) is 0 Å². The first-order valence-electron chi connectivity index (χ1n) is 21.2. The quantitative estimate of drug-likeness (QED) is 0.0393. The van der Waals surface area contributed by atoms with Crippen LogP contribution in [0, 0.1) is 11.8 Å². The van der Waals surface area contributed by atoms with Crippen molar-refractivity contribution in [1.29, 1.82) is 0 Å². The Kier molecular flexibility index (Phi) is 21.9. The van der Waals surface area contributed by atoms with Gasteiger partial charge in [0.15, 0.2) is 0 Å². The number of nitrogens with zero attached hydrogens (tertiary/aromatic N) is 1. The lowest BCUT2D eigenvalue weighted by molar-refractivity contribution is -0.143. The molecule has 0 aromatic heterocycles. The largest absolute Gasteiger partial charge is 0.508 e. The van der Waals surface area contributed by atoms with Crippen LogP contribution in [-0.4, -0.2) is 147 Å². The molecule has 1 aromatic carbocycles. The van der Waals surface area contributed by atoms with Crippen LogP contribution in [0.15, 0.2) is 24.3 Å². The van der Waals surface area contributed by atoms with Gasteiger partial charge < -0.3 is 75.1 Å². The molecule has 1 heterocycles. The molecule has 8 atom stereocenters. The fourth-order valence-electron chi connectivity index (χ4n) is 6.81. The zero-order valence-electron chi connectivity index (χ0n) is 37.2. The summed E-state index contributed by atoms with van der Waals surface area (Å²) in [6, 6.07) is -5.96. The lowest BCUT2D eigenvalue weighted by Crippen LogP contribution is -2.61. The molecule has 1 aliphatic rings. The molecular weight excluding hydrogens is 871 g/mol. The molecule has 10 amide bonds. The third-order valence-electron chi connectivity index (χ3n) is 10.5. The number of aliphatic hydroxyl groups excluding tert-OH is 1. The number of nitrogens with one attached hydrogen (secondary N) is 6. The molecule has 0 radical (unpaired) electrons. The maximum atomic E-state index is 14.5. The van der Waals surface area contributed by atoms with Crippen LogP contribution >= 0.6 is 0 Å². The number of carboxylic acid groups (broad SMARTS) is 1. The topological polar surface area (TPSA) is 428 Å². The number of carboxylic acids is 1. The van der Waals surface area contributed by atoms with Crippen LogP contribution in [0.2, 0.25) is 0 Å². The summed E-state index contributed by atoms with van der Waals surface area (Å²) in [5.74, 6) is -11.8. The number of primary amides is 3. The number of aliphatic carboxylic acids is 1. The summed E-state index contributed by atoms with van der Waals surface area (Å²) in [4.78, 5) is 143. The van der Waals surface area contributed by atoms with E-state index in [1.165, 1.54) is 29.2 Å². The van der Waals surface area contributed by atoms with Crippen molar-refractivity contribution < 1.29 is 68.1 Å². The Balaban J connectivity index is 2.41. The minimum absolute atomic E-state index is 0.00612. The highest BCUT2D eigenvalue weighted by atomic mass is 16.4. The number of nitrogens with two attached hydrogens (primary N) is 4. The van der Waals surface area contributed by atoms with Gasteiger partial charge in [0, 0.05) is 25.8 Å². The summed E-state index contributed by atoms with van der Waals surface area (Å²) in [6.45, 7) is 5.61. The molecule has 0 bridgehead atoms. The number of hydrogen-bond donors (Lipinski definition) is 13. The third-order valence-corrected chi connectivity index (χ3v) is 10.5. The number of carbonyl (C=O) groups is 11. The minimum Gasteiger partial charge on any atom is -0.508 e. The molecule has 25 heteroatoms. The summed E-state index contributed by atoms with van der Waals surface area (Å²) in [5, 5.41) is 43.3. The Morgan fingerprint density at radius 2 is 1.14 bits per heavy atom. The number of benzene rings is 1.